The van der Waals surface area contributed by atoms with Gasteiger partial charge in [-0.2, -0.15) is 0 Å². The highest BCUT2D eigenvalue weighted by atomic mass is 32.1. The standard InChI is InChI=1S/C16H22N2S/c1-12-7-8-15-14(11-12)18-16(19-15)17-10-9-13-5-3-2-4-6-13/h7-8,11,13H,2-6,9-10H2,1H3,(H,17,18). The topological polar surface area (TPSA) is 24.9 Å². The molecule has 1 N–H and O–H groups in total. The Balaban J connectivity index is 1.56. The summed E-state index contributed by atoms with van der Waals surface area (Å²) in [4.78, 5) is 4.66. The van der Waals surface area contributed by atoms with Gasteiger partial charge in [-0.1, -0.05) is 49.5 Å². The highest BCUT2D eigenvalue weighted by molar-refractivity contribution is 7.22. The van der Waals surface area contributed by atoms with E-state index < -0.39 is 0 Å². The number of benzene rings is 1. The molecule has 0 atom stereocenters. The molecule has 0 unspecified atom stereocenters. The van der Waals surface area contributed by atoms with Crippen molar-refractivity contribution in [3.63, 3.8) is 0 Å². The zero-order valence-electron chi connectivity index (χ0n) is 11.6. The van der Waals surface area contributed by atoms with Crippen LogP contribution in [-0.4, -0.2) is 11.5 Å². The quantitative estimate of drug-likeness (QED) is 0.850. The molecule has 1 heterocycles. The zero-order chi connectivity index (χ0) is 13.1. The number of rotatable bonds is 4. The molecule has 2 aromatic rings. The third-order valence-electron chi connectivity index (χ3n) is 4.10. The van der Waals surface area contributed by atoms with E-state index in [9.17, 15) is 0 Å². The van der Waals surface area contributed by atoms with Crippen LogP contribution >= 0.6 is 11.3 Å². The number of thiazole rings is 1. The van der Waals surface area contributed by atoms with Gasteiger partial charge >= 0.3 is 0 Å². The minimum atomic E-state index is 0.942. The van der Waals surface area contributed by atoms with Crippen LogP contribution in [0.5, 0.6) is 0 Å². The number of nitrogens with one attached hydrogen (secondary N) is 1. The lowest BCUT2D eigenvalue weighted by molar-refractivity contribution is 0.345. The van der Waals surface area contributed by atoms with E-state index >= 15 is 0 Å². The van der Waals surface area contributed by atoms with Crippen molar-refractivity contribution in [2.45, 2.75) is 45.4 Å². The normalized spacial score (nSPS) is 16.9. The molecule has 0 aliphatic heterocycles. The Morgan fingerprint density at radius 1 is 1.26 bits per heavy atom. The Hall–Kier alpha value is -1.09. The molecule has 1 aliphatic rings. The molecule has 1 aromatic heterocycles. The average Bonchev–Trinajstić information content (AvgIpc) is 2.82. The first kappa shape index (κ1) is 12.9. The summed E-state index contributed by atoms with van der Waals surface area (Å²) >= 11 is 1.77. The van der Waals surface area contributed by atoms with E-state index in [0.29, 0.717) is 0 Å². The van der Waals surface area contributed by atoms with Crippen LogP contribution in [-0.2, 0) is 0 Å². The fourth-order valence-corrected chi connectivity index (χ4v) is 3.84. The first-order valence-electron chi connectivity index (χ1n) is 7.42. The monoisotopic (exact) mass is 274 g/mol. The fraction of sp³-hybridized carbons (Fsp3) is 0.562. The number of aromatic nitrogens is 1. The third-order valence-corrected chi connectivity index (χ3v) is 5.09. The Bertz CT molecular complexity index is 541. The van der Waals surface area contributed by atoms with E-state index in [1.165, 1.54) is 48.8 Å². The second-order valence-corrected chi connectivity index (χ2v) is 6.74. The number of aryl methyl sites for hydroxylation is 1. The largest absolute Gasteiger partial charge is 0.361 e. The third kappa shape index (κ3) is 3.27. The maximum absolute atomic E-state index is 4.66. The van der Waals surface area contributed by atoms with Gasteiger partial charge in [-0.3, -0.25) is 0 Å². The number of fused-ring (bicyclic) bond motifs is 1. The summed E-state index contributed by atoms with van der Waals surface area (Å²) in [6.45, 7) is 3.19. The van der Waals surface area contributed by atoms with Crippen molar-refractivity contribution < 1.29 is 0 Å². The molecule has 102 valence electrons. The summed E-state index contributed by atoms with van der Waals surface area (Å²) < 4.78 is 1.28. The summed E-state index contributed by atoms with van der Waals surface area (Å²) in [7, 11) is 0. The van der Waals surface area contributed by atoms with Gasteiger partial charge in [0.25, 0.3) is 0 Å². The highest BCUT2D eigenvalue weighted by Gasteiger charge is 2.13. The van der Waals surface area contributed by atoms with Crippen LogP contribution < -0.4 is 5.32 Å². The first-order valence-corrected chi connectivity index (χ1v) is 8.24. The molecule has 1 aromatic carbocycles. The minimum absolute atomic E-state index is 0.942. The number of hydrogen-bond donors (Lipinski definition) is 1. The van der Waals surface area contributed by atoms with E-state index in [4.69, 9.17) is 0 Å². The van der Waals surface area contributed by atoms with Crippen LogP contribution in [0.1, 0.15) is 44.1 Å². The predicted molar refractivity (Wildman–Crippen MR) is 84.0 cm³/mol. The molecule has 2 nitrogen and oxygen atoms in total. The lowest BCUT2D eigenvalue weighted by atomic mass is 9.87. The first-order chi connectivity index (χ1) is 9.31. The molecule has 1 saturated carbocycles. The minimum Gasteiger partial charge on any atom is -0.361 e. The van der Waals surface area contributed by atoms with E-state index in [-0.39, 0.29) is 0 Å². The van der Waals surface area contributed by atoms with Crippen molar-refractivity contribution in [2.24, 2.45) is 5.92 Å². The van der Waals surface area contributed by atoms with Gasteiger partial charge in [0.1, 0.15) is 0 Å². The van der Waals surface area contributed by atoms with Gasteiger partial charge in [-0.15, -0.1) is 0 Å². The Morgan fingerprint density at radius 2 is 2.11 bits per heavy atom. The molecule has 1 aliphatic carbocycles. The van der Waals surface area contributed by atoms with Crippen LogP contribution in [0.2, 0.25) is 0 Å². The van der Waals surface area contributed by atoms with Gasteiger partial charge in [0.2, 0.25) is 0 Å². The maximum Gasteiger partial charge on any atom is 0.183 e. The number of nitrogens with zero attached hydrogens (tertiary/aromatic N) is 1. The summed E-state index contributed by atoms with van der Waals surface area (Å²) in [5.74, 6) is 0.942. The molecular formula is C16H22N2S. The summed E-state index contributed by atoms with van der Waals surface area (Å²) in [5, 5.41) is 4.59. The second-order valence-electron chi connectivity index (χ2n) is 5.71. The van der Waals surface area contributed by atoms with Crippen LogP contribution in [0.15, 0.2) is 18.2 Å². The Labute approximate surface area is 119 Å². The lowest BCUT2D eigenvalue weighted by Crippen LogP contribution is -2.11. The molecule has 3 heteroatoms. The van der Waals surface area contributed by atoms with Crippen molar-refractivity contribution in [2.75, 3.05) is 11.9 Å². The predicted octanol–water partition coefficient (Wildman–Crippen LogP) is 4.99. The van der Waals surface area contributed by atoms with Crippen LogP contribution in [0, 0.1) is 12.8 Å². The van der Waals surface area contributed by atoms with Crippen molar-refractivity contribution in [3.8, 4) is 0 Å². The maximum atomic E-state index is 4.66. The smallest absolute Gasteiger partial charge is 0.183 e. The van der Waals surface area contributed by atoms with E-state index in [1.807, 2.05) is 0 Å². The Morgan fingerprint density at radius 3 is 2.95 bits per heavy atom. The highest BCUT2D eigenvalue weighted by Crippen LogP contribution is 2.28. The second kappa shape index (κ2) is 5.91. The fourth-order valence-electron chi connectivity index (χ4n) is 2.97. The van der Waals surface area contributed by atoms with Gasteiger partial charge in [0.05, 0.1) is 10.2 Å². The van der Waals surface area contributed by atoms with Crippen molar-refractivity contribution >= 4 is 26.7 Å². The Kier molecular flexibility index (Phi) is 4.02. The van der Waals surface area contributed by atoms with Crippen molar-refractivity contribution in [1.82, 2.24) is 4.98 Å². The number of hydrogen-bond acceptors (Lipinski definition) is 3. The molecule has 1 fully saturated rings. The van der Waals surface area contributed by atoms with E-state index in [2.05, 4.69) is 35.4 Å². The van der Waals surface area contributed by atoms with Gasteiger partial charge in [-0.25, -0.2) is 4.98 Å². The van der Waals surface area contributed by atoms with E-state index in [1.54, 1.807) is 11.3 Å². The molecule has 0 spiro atoms. The lowest BCUT2D eigenvalue weighted by Gasteiger charge is -2.21. The molecule has 0 saturated heterocycles. The molecule has 0 radical (unpaired) electrons. The summed E-state index contributed by atoms with van der Waals surface area (Å²) in [6.07, 6.45) is 8.48. The molecule has 3 rings (SSSR count). The van der Waals surface area contributed by atoms with Gasteiger partial charge in [0, 0.05) is 6.54 Å². The van der Waals surface area contributed by atoms with Crippen LogP contribution in [0.25, 0.3) is 10.2 Å². The van der Waals surface area contributed by atoms with E-state index in [0.717, 1.165) is 23.1 Å². The van der Waals surface area contributed by atoms with Crippen LogP contribution in [0.4, 0.5) is 5.13 Å². The molecule has 19 heavy (non-hydrogen) atoms. The van der Waals surface area contributed by atoms with Crippen molar-refractivity contribution in [1.29, 1.82) is 0 Å². The van der Waals surface area contributed by atoms with Crippen molar-refractivity contribution in [3.05, 3.63) is 23.8 Å². The zero-order valence-corrected chi connectivity index (χ0v) is 12.4. The average molecular weight is 274 g/mol. The SMILES string of the molecule is Cc1ccc2sc(NCCC3CCCCC3)nc2c1. The molecule has 0 amide bonds. The molecule has 0 bridgehead atoms. The van der Waals surface area contributed by atoms with Gasteiger partial charge in [0.15, 0.2) is 5.13 Å². The van der Waals surface area contributed by atoms with Gasteiger partial charge < -0.3 is 5.32 Å². The van der Waals surface area contributed by atoms with Crippen LogP contribution in [0.3, 0.4) is 0 Å². The van der Waals surface area contributed by atoms with Gasteiger partial charge in [-0.05, 0) is 37.0 Å². The molecular weight excluding hydrogens is 252 g/mol. The summed E-state index contributed by atoms with van der Waals surface area (Å²) in [5.41, 5.74) is 2.41. The number of anilines is 1. The summed E-state index contributed by atoms with van der Waals surface area (Å²) in [6, 6.07) is 6.50.